The Labute approximate surface area is 117 Å². The van der Waals surface area contributed by atoms with Gasteiger partial charge in [-0.2, -0.15) is 13.2 Å². The molecule has 0 bridgehead atoms. The third-order valence-corrected chi connectivity index (χ3v) is 2.08. The van der Waals surface area contributed by atoms with Crippen molar-refractivity contribution in [1.82, 2.24) is 20.3 Å². The van der Waals surface area contributed by atoms with E-state index in [0.717, 1.165) is 4.68 Å². The van der Waals surface area contributed by atoms with Gasteiger partial charge in [-0.3, -0.25) is 10.1 Å². The van der Waals surface area contributed by atoms with Crippen molar-refractivity contribution in [3.8, 4) is 0 Å². The zero-order valence-electron chi connectivity index (χ0n) is 11.1. The molecule has 0 saturated heterocycles. The van der Waals surface area contributed by atoms with Crippen molar-refractivity contribution in [2.24, 2.45) is 0 Å². The van der Waals surface area contributed by atoms with Crippen LogP contribution in [-0.4, -0.2) is 46.3 Å². The Morgan fingerprint density at radius 2 is 2.14 bits per heavy atom. The maximum Gasteiger partial charge on any atom is 0.412 e. The summed E-state index contributed by atoms with van der Waals surface area (Å²) < 4.78 is 41.4. The molecule has 0 aliphatic heterocycles. The van der Waals surface area contributed by atoms with E-state index in [-0.39, 0.29) is 19.0 Å². The van der Waals surface area contributed by atoms with Gasteiger partial charge in [-0.05, 0) is 6.92 Å². The third-order valence-electron chi connectivity index (χ3n) is 2.08. The molecule has 2 amide bonds. The van der Waals surface area contributed by atoms with Crippen molar-refractivity contribution in [2.45, 2.75) is 26.1 Å². The second-order valence-corrected chi connectivity index (χ2v) is 3.86. The minimum Gasteiger partial charge on any atom is -0.450 e. The van der Waals surface area contributed by atoms with Gasteiger partial charge in [0.05, 0.1) is 19.2 Å². The summed E-state index contributed by atoms with van der Waals surface area (Å²) in [5.41, 5.74) is 0. The van der Waals surface area contributed by atoms with Crippen LogP contribution in [0.2, 0.25) is 0 Å². The summed E-state index contributed by atoms with van der Waals surface area (Å²) in [6, 6.07) is 0. The number of amides is 2. The highest BCUT2D eigenvalue weighted by Gasteiger charge is 2.26. The lowest BCUT2D eigenvalue weighted by atomic mass is 10.4. The molecule has 0 radical (unpaired) electrons. The highest BCUT2D eigenvalue weighted by molar-refractivity contribution is 5.83. The highest BCUT2D eigenvalue weighted by Crippen LogP contribution is 2.18. The Balaban J connectivity index is 2.36. The van der Waals surface area contributed by atoms with Crippen molar-refractivity contribution < 1.29 is 27.5 Å². The van der Waals surface area contributed by atoms with Crippen LogP contribution >= 0.6 is 0 Å². The van der Waals surface area contributed by atoms with E-state index in [9.17, 15) is 22.8 Å². The Morgan fingerprint density at radius 3 is 2.76 bits per heavy atom. The Bertz CT molecular complexity index is 489. The van der Waals surface area contributed by atoms with Crippen LogP contribution in [0.4, 0.5) is 23.8 Å². The number of rotatable bonds is 6. The number of ether oxygens (including phenoxy) is 1. The number of aromatic nitrogens is 3. The van der Waals surface area contributed by atoms with Crippen LogP contribution in [0.15, 0.2) is 6.20 Å². The largest absolute Gasteiger partial charge is 0.450 e. The van der Waals surface area contributed by atoms with Crippen molar-refractivity contribution in [3.63, 3.8) is 0 Å². The van der Waals surface area contributed by atoms with E-state index in [1.54, 1.807) is 6.92 Å². The number of carbonyl (C=O) groups excluding carboxylic acids is 2. The van der Waals surface area contributed by atoms with E-state index in [2.05, 4.69) is 25.7 Å². The van der Waals surface area contributed by atoms with Crippen molar-refractivity contribution >= 4 is 17.8 Å². The van der Waals surface area contributed by atoms with Gasteiger partial charge >= 0.3 is 12.3 Å². The predicted octanol–water partition coefficient (Wildman–Crippen LogP) is 0.915. The molecular weight excluding hydrogens is 295 g/mol. The average Bonchev–Trinajstić information content (AvgIpc) is 2.74. The normalized spacial score (nSPS) is 11.0. The van der Waals surface area contributed by atoms with E-state index in [0.29, 0.717) is 0 Å². The SMILES string of the molecule is CCOC(=O)Nc1cn(CC(=O)NCCC(F)(F)F)nn1. The lowest BCUT2D eigenvalue weighted by Gasteiger charge is -2.07. The van der Waals surface area contributed by atoms with Crippen LogP contribution in [0.25, 0.3) is 0 Å². The fraction of sp³-hybridized carbons (Fsp3) is 0.600. The molecule has 0 fully saturated rings. The molecule has 1 aromatic rings. The smallest absolute Gasteiger partial charge is 0.412 e. The number of halogens is 3. The van der Waals surface area contributed by atoms with Gasteiger partial charge < -0.3 is 10.1 Å². The van der Waals surface area contributed by atoms with Crippen LogP contribution in [0.5, 0.6) is 0 Å². The van der Waals surface area contributed by atoms with Crippen molar-refractivity contribution in [3.05, 3.63) is 6.20 Å². The quantitative estimate of drug-likeness (QED) is 0.814. The molecule has 0 saturated carbocycles. The summed E-state index contributed by atoms with van der Waals surface area (Å²) in [6.45, 7) is 0.990. The fourth-order valence-electron chi connectivity index (χ4n) is 1.25. The maximum absolute atomic E-state index is 11.9. The highest BCUT2D eigenvalue weighted by atomic mass is 19.4. The van der Waals surface area contributed by atoms with Crippen LogP contribution in [0.3, 0.4) is 0 Å². The van der Waals surface area contributed by atoms with Crippen LogP contribution in [0.1, 0.15) is 13.3 Å². The molecule has 0 aromatic carbocycles. The van der Waals surface area contributed by atoms with Gasteiger partial charge in [0.2, 0.25) is 5.91 Å². The first-order valence-electron chi connectivity index (χ1n) is 5.97. The average molecular weight is 309 g/mol. The summed E-state index contributed by atoms with van der Waals surface area (Å²) in [5.74, 6) is -0.580. The van der Waals surface area contributed by atoms with Gasteiger partial charge in [0.15, 0.2) is 5.82 Å². The molecule has 1 heterocycles. The van der Waals surface area contributed by atoms with Crippen LogP contribution in [-0.2, 0) is 16.1 Å². The number of nitrogens with one attached hydrogen (secondary N) is 2. The minimum atomic E-state index is -4.32. The monoisotopic (exact) mass is 309 g/mol. The van der Waals surface area contributed by atoms with Gasteiger partial charge in [0.1, 0.15) is 6.54 Å². The molecule has 0 spiro atoms. The van der Waals surface area contributed by atoms with E-state index in [1.807, 2.05) is 0 Å². The molecule has 118 valence electrons. The standard InChI is InChI=1S/C10H14F3N5O3/c1-2-21-9(20)15-7-5-18(17-16-7)6-8(19)14-4-3-10(11,12)13/h5H,2-4,6H2,1H3,(H,14,19)(H,15,20). The summed E-state index contributed by atoms with van der Waals surface area (Å²) in [6.07, 6.45) is -4.90. The maximum atomic E-state index is 11.9. The topological polar surface area (TPSA) is 98.1 Å². The molecule has 2 N–H and O–H groups in total. The van der Waals surface area contributed by atoms with Gasteiger partial charge in [0.25, 0.3) is 0 Å². The lowest BCUT2D eigenvalue weighted by molar-refractivity contribution is -0.135. The van der Waals surface area contributed by atoms with Crippen molar-refractivity contribution in [2.75, 3.05) is 18.5 Å². The lowest BCUT2D eigenvalue weighted by Crippen LogP contribution is -2.31. The Hall–Kier alpha value is -2.33. The zero-order chi connectivity index (χ0) is 15.9. The molecule has 11 heteroatoms. The second kappa shape index (κ2) is 7.45. The predicted molar refractivity (Wildman–Crippen MR) is 64.3 cm³/mol. The number of alkyl halides is 3. The summed E-state index contributed by atoms with van der Waals surface area (Å²) in [4.78, 5) is 22.4. The summed E-state index contributed by atoms with van der Waals surface area (Å²) in [7, 11) is 0. The molecule has 1 rings (SSSR count). The molecule has 0 unspecified atom stereocenters. The Kier molecular flexibility index (Phi) is 5.93. The number of carbonyl (C=O) groups is 2. The molecule has 0 aliphatic carbocycles. The van der Waals surface area contributed by atoms with Gasteiger partial charge in [-0.25, -0.2) is 9.48 Å². The summed E-state index contributed by atoms with van der Waals surface area (Å²) >= 11 is 0. The van der Waals surface area contributed by atoms with E-state index in [1.165, 1.54) is 6.20 Å². The Morgan fingerprint density at radius 1 is 1.43 bits per heavy atom. The van der Waals surface area contributed by atoms with E-state index < -0.39 is 31.1 Å². The molecule has 8 nitrogen and oxygen atoms in total. The van der Waals surface area contributed by atoms with Crippen molar-refractivity contribution in [1.29, 1.82) is 0 Å². The number of anilines is 1. The molecular formula is C10H14F3N5O3. The number of nitrogens with zero attached hydrogens (tertiary/aromatic N) is 3. The molecule has 0 aliphatic rings. The van der Waals surface area contributed by atoms with Gasteiger partial charge in [0, 0.05) is 6.54 Å². The molecule has 1 aromatic heterocycles. The van der Waals surface area contributed by atoms with Crippen LogP contribution in [0, 0.1) is 0 Å². The van der Waals surface area contributed by atoms with E-state index >= 15 is 0 Å². The fourth-order valence-corrected chi connectivity index (χ4v) is 1.25. The first kappa shape index (κ1) is 16.7. The molecule has 21 heavy (non-hydrogen) atoms. The third kappa shape index (κ3) is 7.13. The first-order chi connectivity index (χ1) is 9.80. The van der Waals surface area contributed by atoms with E-state index in [4.69, 9.17) is 0 Å². The minimum absolute atomic E-state index is 0.0662. The number of hydrogen-bond donors (Lipinski definition) is 2. The van der Waals surface area contributed by atoms with Gasteiger partial charge in [-0.1, -0.05) is 5.21 Å². The second-order valence-electron chi connectivity index (χ2n) is 3.86. The van der Waals surface area contributed by atoms with Gasteiger partial charge in [-0.15, -0.1) is 5.10 Å². The number of hydrogen-bond acceptors (Lipinski definition) is 5. The molecule has 0 atom stereocenters. The zero-order valence-corrected chi connectivity index (χ0v) is 11.1. The summed E-state index contributed by atoms with van der Waals surface area (Å²) in [5, 5.41) is 11.5. The first-order valence-corrected chi connectivity index (χ1v) is 5.97. The van der Waals surface area contributed by atoms with Crippen LogP contribution < -0.4 is 10.6 Å².